The average molecular weight is 262 g/mol. The minimum atomic E-state index is -0.802. The number of rotatable bonds is 4. The van der Waals surface area contributed by atoms with Crippen LogP contribution in [0.2, 0.25) is 0 Å². The maximum Gasteiger partial charge on any atom is 0.270 e. The fourth-order valence-electron chi connectivity index (χ4n) is 2.32. The summed E-state index contributed by atoms with van der Waals surface area (Å²) in [5.41, 5.74) is 6.71. The molecule has 19 heavy (non-hydrogen) atoms. The molecule has 0 aliphatic carbocycles. The third-order valence-corrected chi connectivity index (χ3v) is 3.37. The number of amides is 1. The molecule has 2 rings (SSSR count). The second kappa shape index (κ2) is 5.21. The van der Waals surface area contributed by atoms with Gasteiger partial charge in [-0.25, -0.2) is 0 Å². The summed E-state index contributed by atoms with van der Waals surface area (Å²) in [5.74, 6) is 0.804. The molecule has 1 amide bonds. The van der Waals surface area contributed by atoms with Crippen LogP contribution in [0, 0.1) is 6.92 Å². The molecule has 0 fully saturated rings. The van der Waals surface area contributed by atoms with E-state index in [0.29, 0.717) is 13.1 Å². The lowest BCUT2D eigenvalue weighted by molar-refractivity contribution is -0.132. The van der Waals surface area contributed by atoms with Crippen LogP contribution in [-0.4, -0.2) is 24.6 Å². The molecular weight excluding hydrogens is 240 g/mol. The van der Waals surface area contributed by atoms with Gasteiger partial charge in [-0.15, -0.1) is 0 Å². The number of aryl methyl sites for hydroxylation is 1. The number of ether oxygens (including phenoxy) is 1. The highest BCUT2D eigenvalue weighted by molar-refractivity contribution is 6.02. The predicted octanol–water partition coefficient (Wildman–Crippen LogP) is 2.24. The van der Waals surface area contributed by atoms with E-state index < -0.39 is 5.60 Å². The number of nitrogens with zero attached hydrogens (tertiary/aromatic N) is 1. The van der Waals surface area contributed by atoms with E-state index in [1.54, 1.807) is 0 Å². The molecule has 0 radical (unpaired) electrons. The van der Waals surface area contributed by atoms with E-state index in [1.807, 2.05) is 43.9 Å². The van der Waals surface area contributed by atoms with Gasteiger partial charge in [0, 0.05) is 6.54 Å². The lowest BCUT2D eigenvalue weighted by Crippen LogP contribution is -2.52. The van der Waals surface area contributed by atoms with Gasteiger partial charge in [-0.2, -0.15) is 0 Å². The Morgan fingerprint density at radius 1 is 1.32 bits per heavy atom. The Hall–Kier alpha value is -1.55. The predicted molar refractivity (Wildman–Crippen MR) is 76.5 cm³/mol. The van der Waals surface area contributed by atoms with Crippen molar-refractivity contribution in [2.24, 2.45) is 5.73 Å². The largest absolute Gasteiger partial charge is 0.476 e. The van der Waals surface area contributed by atoms with E-state index in [9.17, 15) is 4.79 Å². The van der Waals surface area contributed by atoms with E-state index >= 15 is 0 Å². The molecule has 4 heteroatoms. The summed E-state index contributed by atoms with van der Waals surface area (Å²) in [5, 5.41) is 0. The molecule has 104 valence electrons. The molecule has 1 heterocycles. The van der Waals surface area contributed by atoms with Gasteiger partial charge in [-0.3, -0.25) is 4.79 Å². The summed E-state index contributed by atoms with van der Waals surface area (Å²) >= 11 is 0. The Bertz CT molecular complexity index is 483. The number of anilines is 1. The first-order chi connectivity index (χ1) is 8.95. The van der Waals surface area contributed by atoms with Crippen molar-refractivity contribution in [2.75, 3.05) is 18.0 Å². The lowest BCUT2D eigenvalue weighted by atomic mass is 10.0. The SMILES string of the molecule is Cc1ccc2c(c1)OC(C)(C)C(=O)N2CCCCN. The Kier molecular flexibility index (Phi) is 3.80. The topological polar surface area (TPSA) is 55.6 Å². The molecule has 1 aromatic carbocycles. The summed E-state index contributed by atoms with van der Waals surface area (Å²) < 4.78 is 5.83. The van der Waals surface area contributed by atoms with Gasteiger partial charge < -0.3 is 15.4 Å². The number of carbonyl (C=O) groups excluding carboxylic acids is 1. The second-order valence-electron chi connectivity index (χ2n) is 5.54. The first-order valence-electron chi connectivity index (χ1n) is 6.77. The molecule has 0 saturated carbocycles. The molecule has 0 spiro atoms. The maximum absolute atomic E-state index is 12.5. The third-order valence-electron chi connectivity index (χ3n) is 3.37. The van der Waals surface area contributed by atoms with Crippen molar-refractivity contribution in [3.8, 4) is 5.75 Å². The van der Waals surface area contributed by atoms with E-state index in [-0.39, 0.29) is 5.91 Å². The number of carbonyl (C=O) groups is 1. The summed E-state index contributed by atoms with van der Waals surface area (Å²) in [6.07, 6.45) is 1.83. The van der Waals surface area contributed by atoms with Crippen molar-refractivity contribution in [2.45, 2.75) is 39.2 Å². The number of benzene rings is 1. The van der Waals surface area contributed by atoms with Gasteiger partial charge in [0.15, 0.2) is 5.60 Å². The van der Waals surface area contributed by atoms with Gasteiger partial charge in [0.25, 0.3) is 5.91 Å². The minimum absolute atomic E-state index is 0.0147. The highest BCUT2D eigenvalue weighted by atomic mass is 16.5. The standard InChI is InChI=1S/C15H22N2O2/c1-11-6-7-12-13(10-11)19-15(2,3)14(18)17(12)9-5-4-8-16/h6-7,10H,4-5,8-9,16H2,1-3H3. The van der Waals surface area contributed by atoms with Crippen molar-refractivity contribution < 1.29 is 9.53 Å². The number of hydrogen-bond donors (Lipinski definition) is 1. The van der Waals surface area contributed by atoms with Gasteiger partial charge in [-0.1, -0.05) is 6.07 Å². The van der Waals surface area contributed by atoms with Crippen LogP contribution in [0.1, 0.15) is 32.3 Å². The van der Waals surface area contributed by atoms with E-state index in [1.165, 1.54) is 0 Å². The zero-order valence-electron chi connectivity index (χ0n) is 11.9. The van der Waals surface area contributed by atoms with Gasteiger partial charge >= 0.3 is 0 Å². The highest BCUT2D eigenvalue weighted by Crippen LogP contribution is 2.38. The Balaban J connectivity index is 2.32. The van der Waals surface area contributed by atoms with Crippen molar-refractivity contribution in [1.29, 1.82) is 0 Å². The van der Waals surface area contributed by atoms with Crippen molar-refractivity contribution in [1.82, 2.24) is 0 Å². The van der Waals surface area contributed by atoms with E-state index in [2.05, 4.69) is 0 Å². The van der Waals surface area contributed by atoms with E-state index in [4.69, 9.17) is 10.5 Å². The van der Waals surface area contributed by atoms with E-state index in [0.717, 1.165) is 29.8 Å². The summed E-state index contributed by atoms with van der Waals surface area (Å²) in [7, 11) is 0. The zero-order valence-corrected chi connectivity index (χ0v) is 11.9. The molecule has 0 unspecified atom stereocenters. The molecule has 1 aromatic rings. The monoisotopic (exact) mass is 262 g/mol. The van der Waals surface area contributed by atoms with Crippen LogP contribution in [0.3, 0.4) is 0 Å². The molecule has 0 saturated heterocycles. The van der Waals surface area contributed by atoms with Crippen LogP contribution in [0.5, 0.6) is 5.75 Å². The highest BCUT2D eigenvalue weighted by Gasteiger charge is 2.40. The quantitative estimate of drug-likeness (QED) is 0.847. The molecule has 0 atom stereocenters. The summed E-state index contributed by atoms with van der Waals surface area (Å²) in [4.78, 5) is 14.3. The molecule has 0 bridgehead atoms. The summed E-state index contributed by atoms with van der Waals surface area (Å²) in [6.45, 7) is 7.00. The molecule has 0 aromatic heterocycles. The van der Waals surface area contributed by atoms with Gasteiger partial charge in [0.1, 0.15) is 5.75 Å². The van der Waals surface area contributed by atoms with Crippen LogP contribution >= 0.6 is 0 Å². The molecule has 2 N–H and O–H groups in total. The fourth-order valence-corrected chi connectivity index (χ4v) is 2.32. The van der Waals surface area contributed by atoms with Crippen LogP contribution in [0.25, 0.3) is 0 Å². The van der Waals surface area contributed by atoms with Crippen molar-refractivity contribution in [3.63, 3.8) is 0 Å². The average Bonchev–Trinajstić information content (AvgIpc) is 2.33. The third kappa shape index (κ3) is 2.73. The smallest absolute Gasteiger partial charge is 0.270 e. The zero-order chi connectivity index (χ0) is 14.0. The molecule has 1 aliphatic heterocycles. The van der Waals surface area contributed by atoms with Crippen LogP contribution in [0.15, 0.2) is 18.2 Å². The second-order valence-corrected chi connectivity index (χ2v) is 5.54. The fraction of sp³-hybridized carbons (Fsp3) is 0.533. The number of hydrogen-bond acceptors (Lipinski definition) is 3. The Labute approximate surface area is 114 Å². The van der Waals surface area contributed by atoms with Crippen LogP contribution in [0.4, 0.5) is 5.69 Å². The van der Waals surface area contributed by atoms with Gasteiger partial charge in [-0.05, 0) is 57.9 Å². The van der Waals surface area contributed by atoms with Crippen LogP contribution < -0.4 is 15.4 Å². The Morgan fingerprint density at radius 3 is 2.74 bits per heavy atom. The first-order valence-corrected chi connectivity index (χ1v) is 6.77. The molecular formula is C15H22N2O2. The lowest BCUT2D eigenvalue weighted by Gasteiger charge is -2.39. The Morgan fingerprint density at radius 2 is 2.05 bits per heavy atom. The van der Waals surface area contributed by atoms with Crippen molar-refractivity contribution >= 4 is 11.6 Å². The summed E-state index contributed by atoms with van der Waals surface area (Å²) in [6, 6.07) is 5.95. The molecule has 1 aliphatic rings. The minimum Gasteiger partial charge on any atom is -0.476 e. The molecule has 4 nitrogen and oxygen atoms in total. The maximum atomic E-state index is 12.5. The number of fused-ring (bicyclic) bond motifs is 1. The van der Waals surface area contributed by atoms with Gasteiger partial charge in [0.05, 0.1) is 5.69 Å². The van der Waals surface area contributed by atoms with Crippen LogP contribution in [-0.2, 0) is 4.79 Å². The normalized spacial score (nSPS) is 17.1. The number of unbranched alkanes of at least 4 members (excludes halogenated alkanes) is 1. The van der Waals surface area contributed by atoms with Crippen molar-refractivity contribution in [3.05, 3.63) is 23.8 Å². The first kappa shape index (κ1) is 13.9. The van der Waals surface area contributed by atoms with Gasteiger partial charge in [0.2, 0.25) is 0 Å². The number of nitrogens with two attached hydrogens (primary N) is 1.